The van der Waals surface area contributed by atoms with Crippen LogP contribution in [-0.2, 0) is 26.2 Å². The van der Waals surface area contributed by atoms with Gasteiger partial charge in [-0.3, -0.25) is 13.9 Å². The molecule has 1 atom stereocenters. The van der Waals surface area contributed by atoms with Gasteiger partial charge in [0.15, 0.2) is 0 Å². The first-order valence-electron chi connectivity index (χ1n) is 11.9. The molecule has 2 rings (SSSR count). The summed E-state index contributed by atoms with van der Waals surface area (Å²) in [6, 6.07) is 8.62. The largest absolute Gasteiger partial charge is 0.497 e. The zero-order chi connectivity index (χ0) is 28.8. The van der Waals surface area contributed by atoms with Crippen LogP contribution in [0.1, 0.15) is 39.7 Å². The molecule has 0 aliphatic rings. The van der Waals surface area contributed by atoms with Crippen LogP contribution in [0.15, 0.2) is 36.4 Å². The molecule has 1 N–H and O–H groups in total. The van der Waals surface area contributed by atoms with Gasteiger partial charge < -0.3 is 19.7 Å². The number of hydrogen-bond donors (Lipinski definition) is 1. The SMILES string of the molecule is CCC(C(=O)NC(C)(C)C)N(Cc1c(Cl)cccc1Cl)C(=O)CN(c1cc(OC)ccc1OC)S(C)(=O)=O. The predicted octanol–water partition coefficient (Wildman–Crippen LogP) is 4.50. The second-order valence-electron chi connectivity index (χ2n) is 9.69. The Kier molecular flexibility index (Phi) is 10.7. The molecule has 2 aromatic carbocycles. The third-order valence-electron chi connectivity index (χ3n) is 5.61. The molecule has 0 bridgehead atoms. The maximum absolute atomic E-state index is 13.9. The molecule has 0 fully saturated rings. The highest BCUT2D eigenvalue weighted by molar-refractivity contribution is 7.92. The Morgan fingerprint density at radius 3 is 2.13 bits per heavy atom. The minimum Gasteiger partial charge on any atom is -0.497 e. The second kappa shape index (κ2) is 12.9. The number of ether oxygens (including phenoxy) is 2. The van der Waals surface area contributed by atoms with E-state index in [1.807, 2.05) is 20.8 Å². The Labute approximate surface area is 235 Å². The lowest BCUT2D eigenvalue weighted by Gasteiger charge is -2.35. The van der Waals surface area contributed by atoms with Gasteiger partial charge in [-0.1, -0.05) is 36.2 Å². The molecule has 1 unspecified atom stereocenters. The zero-order valence-corrected chi connectivity index (χ0v) is 25.0. The fourth-order valence-electron chi connectivity index (χ4n) is 3.81. The van der Waals surface area contributed by atoms with Gasteiger partial charge in [-0.15, -0.1) is 0 Å². The van der Waals surface area contributed by atoms with Crippen molar-refractivity contribution < 1.29 is 27.5 Å². The fraction of sp³-hybridized carbons (Fsp3) is 0.462. The van der Waals surface area contributed by atoms with Gasteiger partial charge in [-0.25, -0.2) is 8.42 Å². The van der Waals surface area contributed by atoms with Gasteiger partial charge in [-0.2, -0.15) is 0 Å². The van der Waals surface area contributed by atoms with E-state index in [2.05, 4.69) is 5.32 Å². The molecule has 0 aromatic heterocycles. The topological polar surface area (TPSA) is 105 Å². The summed E-state index contributed by atoms with van der Waals surface area (Å²) in [6.45, 7) is 6.53. The van der Waals surface area contributed by atoms with Gasteiger partial charge in [0.2, 0.25) is 21.8 Å². The van der Waals surface area contributed by atoms with Gasteiger partial charge in [0.1, 0.15) is 24.1 Å². The summed E-state index contributed by atoms with van der Waals surface area (Å²) >= 11 is 12.8. The highest BCUT2D eigenvalue weighted by Crippen LogP contribution is 2.34. The van der Waals surface area contributed by atoms with Crippen LogP contribution in [0.25, 0.3) is 0 Å². The van der Waals surface area contributed by atoms with E-state index in [0.29, 0.717) is 21.4 Å². The number of carbonyl (C=O) groups is 2. The molecule has 0 radical (unpaired) electrons. The molecule has 0 spiro atoms. The molecular weight excluding hydrogens is 553 g/mol. The van der Waals surface area contributed by atoms with E-state index in [1.165, 1.54) is 25.2 Å². The van der Waals surface area contributed by atoms with E-state index in [0.717, 1.165) is 10.6 Å². The Morgan fingerprint density at radius 1 is 1.05 bits per heavy atom. The molecular formula is C26H35Cl2N3O6S. The molecule has 2 amide bonds. The van der Waals surface area contributed by atoms with E-state index in [1.54, 1.807) is 37.3 Å². The van der Waals surface area contributed by atoms with Crippen LogP contribution in [0.4, 0.5) is 5.69 Å². The highest BCUT2D eigenvalue weighted by atomic mass is 35.5. The van der Waals surface area contributed by atoms with Gasteiger partial charge in [-0.05, 0) is 51.5 Å². The van der Waals surface area contributed by atoms with Crippen molar-refractivity contribution in [3.8, 4) is 11.5 Å². The fourth-order valence-corrected chi connectivity index (χ4v) is 5.17. The molecule has 0 heterocycles. The van der Waals surface area contributed by atoms with Crippen LogP contribution in [0, 0.1) is 0 Å². The van der Waals surface area contributed by atoms with Crippen molar-refractivity contribution in [1.82, 2.24) is 10.2 Å². The molecule has 9 nitrogen and oxygen atoms in total. The van der Waals surface area contributed by atoms with Crippen molar-refractivity contribution in [2.24, 2.45) is 0 Å². The highest BCUT2D eigenvalue weighted by Gasteiger charge is 2.34. The van der Waals surface area contributed by atoms with Crippen molar-refractivity contribution in [3.63, 3.8) is 0 Å². The molecule has 0 aliphatic heterocycles. The number of methoxy groups -OCH3 is 2. The summed E-state index contributed by atoms with van der Waals surface area (Å²) in [5, 5.41) is 3.53. The molecule has 0 saturated carbocycles. The van der Waals surface area contributed by atoms with Crippen LogP contribution < -0.4 is 19.1 Å². The number of anilines is 1. The monoisotopic (exact) mass is 587 g/mol. The van der Waals surface area contributed by atoms with Crippen molar-refractivity contribution >= 4 is 50.7 Å². The van der Waals surface area contributed by atoms with Crippen molar-refractivity contribution in [2.75, 3.05) is 31.3 Å². The first-order valence-corrected chi connectivity index (χ1v) is 14.5. The summed E-state index contributed by atoms with van der Waals surface area (Å²) in [5.74, 6) is -0.423. The zero-order valence-electron chi connectivity index (χ0n) is 22.7. The minimum absolute atomic E-state index is 0.111. The lowest BCUT2D eigenvalue weighted by molar-refractivity contribution is -0.141. The average Bonchev–Trinajstić information content (AvgIpc) is 2.81. The average molecular weight is 589 g/mol. The quantitative estimate of drug-likeness (QED) is 0.415. The normalized spacial score (nSPS) is 12.4. The maximum Gasteiger partial charge on any atom is 0.244 e. The number of carbonyl (C=O) groups excluding carboxylic acids is 2. The van der Waals surface area contributed by atoms with Crippen LogP contribution in [0.3, 0.4) is 0 Å². The summed E-state index contributed by atoms with van der Waals surface area (Å²) in [5.41, 5.74) is -0.00439. The lowest BCUT2D eigenvalue weighted by atomic mass is 10.1. The number of sulfonamides is 1. The van der Waals surface area contributed by atoms with E-state index in [9.17, 15) is 18.0 Å². The number of halogens is 2. The van der Waals surface area contributed by atoms with E-state index in [-0.39, 0.29) is 30.3 Å². The second-order valence-corrected chi connectivity index (χ2v) is 12.4. The van der Waals surface area contributed by atoms with Crippen molar-refractivity contribution in [2.45, 2.75) is 52.2 Å². The van der Waals surface area contributed by atoms with Crippen LogP contribution in [-0.4, -0.2) is 63.7 Å². The first-order chi connectivity index (χ1) is 17.6. The number of rotatable bonds is 11. The summed E-state index contributed by atoms with van der Waals surface area (Å²) in [6.07, 6.45) is 1.25. The van der Waals surface area contributed by atoms with Crippen LogP contribution >= 0.6 is 23.2 Å². The smallest absolute Gasteiger partial charge is 0.244 e. The van der Waals surface area contributed by atoms with E-state index >= 15 is 0 Å². The number of hydrogen-bond acceptors (Lipinski definition) is 6. The third-order valence-corrected chi connectivity index (χ3v) is 7.44. The van der Waals surface area contributed by atoms with Crippen LogP contribution in [0.2, 0.25) is 10.0 Å². The summed E-state index contributed by atoms with van der Waals surface area (Å²) < 4.78 is 37.4. The molecule has 12 heteroatoms. The molecule has 2 aromatic rings. The third kappa shape index (κ3) is 8.15. The predicted molar refractivity (Wildman–Crippen MR) is 151 cm³/mol. The Balaban J connectivity index is 2.61. The van der Waals surface area contributed by atoms with Crippen molar-refractivity contribution in [1.29, 1.82) is 0 Å². The Hall–Kier alpha value is -2.69. The first kappa shape index (κ1) is 31.5. The van der Waals surface area contributed by atoms with E-state index < -0.39 is 34.1 Å². The van der Waals surface area contributed by atoms with E-state index in [4.69, 9.17) is 32.7 Å². The number of nitrogens with zero attached hydrogens (tertiary/aromatic N) is 2. The molecule has 210 valence electrons. The lowest BCUT2D eigenvalue weighted by Crippen LogP contribution is -2.55. The van der Waals surface area contributed by atoms with Gasteiger partial charge >= 0.3 is 0 Å². The summed E-state index contributed by atoms with van der Waals surface area (Å²) in [7, 11) is -1.14. The molecule has 0 aliphatic carbocycles. The summed E-state index contributed by atoms with van der Waals surface area (Å²) in [4.78, 5) is 28.5. The number of amides is 2. The van der Waals surface area contributed by atoms with Gasteiger partial charge in [0, 0.05) is 33.8 Å². The standard InChI is InChI=1S/C26H35Cl2N3O6S/c1-8-21(25(33)29-26(2,3)4)30(15-18-19(27)10-9-11-20(18)28)24(32)16-31(38(7,34)35)22-14-17(36-5)12-13-23(22)37-6/h9-14,21H,8,15-16H2,1-7H3,(H,29,33). The van der Waals surface area contributed by atoms with Crippen LogP contribution in [0.5, 0.6) is 11.5 Å². The molecule has 38 heavy (non-hydrogen) atoms. The minimum atomic E-state index is -3.98. The Bertz CT molecular complexity index is 1240. The number of benzene rings is 2. The molecule has 0 saturated heterocycles. The number of nitrogens with one attached hydrogen (secondary N) is 1. The Morgan fingerprint density at radius 2 is 1.66 bits per heavy atom. The maximum atomic E-state index is 13.9. The van der Waals surface area contributed by atoms with Crippen molar-refractivity contribution in [3.05, 3.63) is 52.0 Å². The van der Waals surface area contributed by atoms with Gasteiger partial charge in [0.25, 0.3) is 0 Å². The van der Waals surface area contributed by atoms with Gasteiger partial charge in [0.05, 0.1) is 26.2 Å².